The van der Waals surface area contributed by atoms with Gasteiger partial charge in [0.15, 0.2) is 0 Å². The van der Waals surface area contributed by atoms with Crippen LogP contribution in [0, 0.1) is 11.6 Å². The van der Waals surface area contributed by atoms with Gasteiger partial charge in [0.05, 0.1) is 5.25 Å². The highest BCUT2D eigenvalue weighted by Gasteiger charge is 2.39. The first kappa shape index (κ1) is 19.1. The van der Waals surface area contributed by atoms with Crippen LogP contribution < -0.4 is 0 Å². The standard InChI is InChI=1S/C18H23F2N3O2S/c1-12-17(25)23(6-5-16(24)22-9-7-21(2)8-10-22)18(26-12)14-4-3-13(19)11-15(14)20/h3-4,11-12,18H,5-10H2,1-2H3/t12-,18-/m0/s1. The van der Waals surface area contributed by atoms with Gasteiger partial charge in [-0.25, -0.2) is 8.78 Å². The van der Waals surface area contributed by atoms with Crippen LogP contribution in [0.3, 0.4) is 0 Å². The lowest BCUT2D eigenvalue weighted by Gasteiger charge is -2.33. The van der Waals surface area contributed by atoms with Crippen molar-refractivity contribution in [1.82, 2.24) is 14.7 Å². The van der Waals surface area contributed by atoms with Gasteiger partial charge in [0.1, 0.15) is 17.0 Å². The highest BCUT2D eigenvalue weighted by Crippen LogP contribution is 2.43. The molecular weight excluding hydrogens is 360 g/mol. The molecule has 2 atom stereocenters. The predicted octanol–water partition coefficient (Wildman–Crippen LogP) is 2.09. The van der Waals surface area contributed by atoms with Gasteiger partial charge in [-0.05, 0) is 20.0 Å². The summed E-state index contributed by atoms with van der Waals surface area (Å²) in [4.78, 5) is 30.4. The molecule has 26 heavy (non-hydrogen) atoms. The third kappa shape index (κ3) is 4.01. The van der Waals surface area contributed by atoms with E-state index in [0.717, 1.165) is 19.2 Å². The highest BCUT2D eigenvalue weighted by molar-refractivity contribution is 8.01. The summed E-state index contributed by atoms with van der Waals surface area (Å²) in [5.41, 5.74) is 0.279. The van der Waals surface area contributed by atoms with Crippen molar-refractivity contribution in [3.05, 3.63) is 35.4 Å². The van der Waals surface area contributed by atoms with Crippen molar-refractivity contribution in [2.24, 2.45) is 0 Å². The molecular formula is C18H23F2N3O2S. The van der Waals surface area contributed by atoms with Crippen LogP contribution in [0.2, 0.25) is 0 Å². The molecule has 0 spiro atoms. The summed E-state index contributed by atoms with van der Waals surface area (Å²) in [6.07, 6.45) is 0.210. The molecule has 0 radical (unpaired) electrons. The number of benzene rings is 1. The van der Waals surface area contributed by atoms with Gasteiger partial charge in [-0.2, -0.15) is 0 Å². The van der Waals surface area contributed by atoms with E-state index in [9.17, 15) is 18.4 Å². The predicted molar refractivity (Wildman–Crippen MR) is 96.6 cm³/mol. The van der Waals surface area contributed by atoms with Crippen LogP contribution in [-0.4, -0.2) is 71.5 Å². The molecule has 1 aromatic rings. The van der Waals surface area contributed by atoms with Gasteiger partial charge in [0.2, 0.25) is 11.8 Å². The van der Waals surface area contributed by atoms with Gasteiger partial charge in [-0.15, -0.1) is 11.8 Å². The number of piperazine rings is 1. The summed E-state index contributed by atoms with van der Waals surface area (Å²) in [5.74, 6) is -1.42. The molecule has 0 saturated carbocycles. The first-order valence-electron chi connectivity index (χ1n) is 8.74. The maximum Gasteiger partial charge on any atom is 0.236 e. The normalized spacial score (nSPS) is 24.4. The summed E-state index contributed by atoms with van der Waals surface area (Å²) in [5, 5.41) is -0.846. The van der Waals surface area contributed by atoms with Gasteiger partial charge < -0.3 is 14.7 Å². The molecule has 2 amide bonds. The molecule has 0 unspecified atom stereocenters. The Kier molecular flexibility index (Phi) is 5.82. The van der Waals surface area contributed by atoms with E-state index in [0.29, 0.717) is 13.1 Å². The fourth-order valence-electron chi connectivity index (χ4n) is 3.27. The van der Waals surface area contributed by atoms with E-state index in [2.05, 4.69) is 4.90 Å². The van der Waals surface area contributed by atoms with Gasteiger partial charge >= 0.3 is 0 Å². The fraction of sp³-hybridized carbons (Fsp3) is 0.556. The molecule has 2 heterocycles. The van der Waals surface area contributed by atoms with Crippen LogP contribution in [-0.2, 0) is 9.59 Å². The van der Waals surface area contributed by atoms with Crippen LogP contribution in [0.15, 0.2) is 18.2 Å². The Morgan fingerprint density at radius 3 is 2.58 bits per heavy atom. The summed E-state index contributed by atoms with van der Waals surface area (Å²) in [6, 6.07) is 3.40. The van der Waals surface area contributed by atoms with Crippen LogP contribution in [0.5, 0.6) is 0 Å². The van der Waals surface area contributed by atoms with E-state index in [-0.39, 0.29) is 35.6 Å². The van der Waals surface area contributed by atoms with Gasteiger partial charge in [-0.3, -0.25) is 9.59 Å². The van der Waals surface area contributed by atoms with Crippen molar-refractivity contribution < 1.29 is 18.4 Å². The lowest BCUT2D eigenvalue weighted by Crippen LogP contribution is -2.47. The fourth-order valence-corrected chi connectivity index (χ4v) is 4.61. The quantitative estimate of drug-likeness (QED) is 0.799. The number of carbonyl (C=O) groups is 2. The molecule has 0 N–H and O–H groups in total. The number of thioether (sulfide) groups is 1. The maximum atomic E-state index is 14.2. The molecule has 2 aliphatic rings. The molecule has 5 nitrogen and oxygen atoms in total. The average Bonchev–Trinajstić information content (AvgIpc) is 2.88. The number of hydrogen-bond donors (Lipinski definition) is 0. The Balaban J connectivity index is 1.68. The van der Waals surface area contributed by atoms with Crippen molar-refractivity contribution in [1.29, 1.82) is 0 Å². The van der Waals surface area contributed by atoms with E-state index >= 15 is 0 Å². The molecule has 2 saturated heterocycles. The summed E-state index contributed by atoms with van der Waals surface area (Å²) in [6.45, 7) is 5.05. The monoisotopic (exact) mass is 383 g/mol. The van der Waals surface area contributed by atoms with Crippen molar-refractivity contribution >= 4 is 23.6 Å². The molecule has 0 aromatic heterocycles. The number of halogens is 2. The third-order valence-electron chi connectivity index (χ3n) is 4.90. The molecule has 0 bridgehead atoms. The zero-order valence-electron chi connectivity index (χ0n) is 15.0. The van der Waals surface area contributed by atoms with Crippen molar-refractivity contribution in [2.75, 3.05) is 39.8 Å². The minimum absolute atomic E-state index is 0.00813. The van der Waals surface area contributed by atoms with Crippen molar-refractivity contribution in [3.8, 4) is 0 Å². The Bertz CT molecular complexity index is 695. The zero-order valence-corrected chi connectivity index (χ0v) is 15.8. The number of rotatable bonds is 4. The topological polar surface area (TPSA) is 43.9 Å². The van der Waals surface area contributed by atoms with Crippen LogP contribution in [0.1, 0.15) is 24.3 Å². The summed E-state index contributed by atoms with van der Waals surface area (Å²) >= 11 is 1.32. The second kappa shape index (κ2) is 7.92. The molecule has 3 rings (SSSR count). The van der Waals surface area contributed by atoms with E-state index in [1.54, 1.807) is 11.8 Å². The minimum atomic E-state index is -0.667. The van der Waals surface area contributed by atoms with Crippen LogP contribution in [0.4, 0.5) is 8.78 Å². The number of carbonyl (C=O) groups excluding carboxylic acids is 2. The first-order valence-corrected chi connectivity index (χ1v) is 9.68. The zero-order chi connectivity index (χ0) is 18.8. The largest absolute Gasteiger partial charge is 0.340 e. The number of nitrogens with zero attached hydrogens (tertiary/aromatic N) is 3. The number of hydrogen-bond acceptors (Lipinski definition) is 4. The van der Waals surface area contributed by atoms with E-state index in [1.807, 2.05) is 11.9 Å². The Hall–Kier alpha value is -1.67. The number of likely N-dealkylation sites (N-methyl/N-ethyl adjacent to an activating group) is 1. The molecule has 0 aliphatic carbocycles. The smallest absolute Gasteiger partial charge is 0.236 e. The minimum Gasteiger partial charge on any atom is -0.340 e. The Morgan fingerprint density at radius 2 is 1.92 bits per heavy atom. The molecule has 2 aliphatic heterocycles. The van der Waals surface area contributed by atoms with E-state index in [1.165, 1.54) is 23.9 Å². The van der Waals surface area contributed by atoms with Gasteiger partial charge in [0, 0.05) is 50.8 Å². The summed E-state index contributed by atoms with van der Waals surface area (Å²) in [7, 11) is 2.02. The van der Waals surface area contributed by atoms with Crippen molar-refractivity contribution in [2.45, 2.75) is 24.0 Å². The number of amides is 2. The lowest BCUT2D eigenvalue weighted by atomic mass is 10.1. The molecule has 1 aromatic carbocycles. The molecule has 2 fully saturated rings. The van der Waals surface area contributed by atoms with Gasteiger partial charge in [-0.1, -0.05) is 6.07 Å². The highest BCUT2D eigenvalue weighted by atomic mass is 32.2. The van der Waals surface area contributed by atoms with E-state index < -0.39 is 17.0 Å². The van der Waals surface area contributed by atoms with Crippen LogP contribution in [0.25, 0.3) is 0 Å². The van der Waals surface area contributed by atoms with Crippen molar-refractivity contribution in [3.63, 3.8) is 0 Å². The first-order chi connectivity index (χ1) is 12.4. The van der Waals surface area contributed by atoms with E-state index in [4.69, 9.17) is 0 Å². The molecule has 8 heteroatoms. The second-order valence-corrected chi connectivity index (χ2v) is 8.19. The lowest BCUT2D eigenvalue weighted by molar-refractivity contribution is -0.134. The Morgan fingerprint density at radius 1 is 1.23 bits per heavy atom. The summed E-state index contributed by atoms with van der Waals surface area (Å²) < 4.78 is 27.4. The SMILES string of the molecule is C[C@@H]1S[C@@H](c2ccc(F)cc2F)N(CCC(=O)N2CCN(C)CC2)C1=O. The average molecular weight is 383 g/mol. The van der Waals surface area contributed by atoms with Crippen LogP contribution >= 0.6 is 11.8 Å². The van der Waals surface area contributed by atoms with Gasteiger partial charge in [0.25, 0.3) is 0 Å². The molecule has 142 valence electrons. The second-order valence-electron chi connectivity index (χ2n) is 6.76. The third-order valence-corrected chi connectivity index (χ3v) is 6.27. The maximum absolute atomic E-state index is 14.2. The Labute approximate surface area is 156 Å².